The lowest BCUT2D eigenvalue weighted by atomic mass is 10.00. The molecule has 0 saturated carbocycles. The Morgan fingerprint density at radius 2 is 2.07 bits per heavy atom. The van der Waals surface area contributed by atoms with Crippen LogP contribution in [0.5, 0.6) is 5.88 Å². The molecule has 0 aliphatic carbocycles. The summed E-state index contributed by atoms with van der Waals surface area (Å²) in [6.45, 7) is 2.63. The first kappa shape index (κ1) is 18.2. The van der Waals surface area contributed by atoms with Crippen LogP contribution in [0.15, 0.2) is 24.5 Å². The first-order valence-electron chi connectivity index (χ1n) is 8.99. The quantitative estimate of drug-likeness (QED) is 0.718. The highest BCUT2D eigenvalue weighted by Crippen LogP contribution is 2.35. The predicted octanol–water partition coefficient (Wildman–Crippen LogP) is 2.51. The van der Waals surface area contributed by atoms with E-state index in [0.29, 0.717) is 35.3 Å². The zero-order chi connectivity index (χ0) is 19.8. The van der Waals surface area contributed by atoms with Gasteiger partial charge in [-0.2, -0.15) is 9.61 Å². The fourth-order valence-corrected chi connectivity index (χ4v) is 3.52. The van der Waals surface area contributed by atoms with Crippen LogP contribution in [0.1, 0.15) is 24.0 Å². The lowest BCUT2D eigenvalue weighted by Crippen LogP contribution is -2.30. The Hall–Kier alpha value is -3.20. The van der Waals surface area contributed by atoms with E-state index in [1.54, 1.807) is 24.0 Å². The number of aromatic nitrogens is 3. The number of hydrogen-bond donors (Lipinski definition) is 2. The molecule has 3 aromatic rings. The molecule has 9 heteroatoms. The van der Waals surface area contributed by atoms with Crippen molar-refractivity contribution in [3.8, 4) is 17.0 Å². The van der Waals surface area contributed by atoms with E-state index >= 15 is 0 Å². The molecule has 1 aliphatic heterocycles. The number of aryl methyl sites for hydroxylation is 1. The van der Waals surface area contributed by atoms with Gasteiger partial charge in [0.05, 0.1) is 6.61 Å². The summed E-state index contributed by atoms with van der Waals surface area (Å²) in [5.41, 5.74) is 8.35. The van der Waals surface area contributed by atoms with E-state index < -0.39 is 18.5 Å². The number of carbonyl (C=O) groups excluding carboxylic acids is 1. The Morgan fingerprint density at radius 3 is 2.75 bits per heavy atom. The van der Waals surface area contributed by atoms with Gasteiger partial charge in [0.2, 0.25) is 5.88 Å². The summed E-state index contributed by atoms with van der Waals surface area (Å²) in [5.74, 6) is -0.166. The molecule has 4 rings (SSSR count). The Bertz CT molecular complexity index is 1040. The number of halogens is 1. The van der Waals surface area contributed by atoms with Crippen LogP contribution in [-0.4, -0.2) is 43.8 Å². The SMILES string of the molecule is Cc1cc(-c2cc(OC(=O)N3CCCC3)n3ncnc(N)c23)cc(F)c1CO. The number of ether oxygens (including phenoxy) is 1. The summed E-state index contributed by atoms with van der Waals surface area (Å²) >= 11 is 0. The molecule has 1 fully saturated rings. The van der Waals surface area contributed by atoms with E-state index in [1.165, 1.54) is 16.9 Å². The molecule has 1 aromatic carbocycles. The van der Waals surface area contributed by atoms with Gasteiger partial charge in [-0.3, -0.25) is 0 Å². The van der Waals surface area contributed by atoms with Gasteiger partial charge in [-0.15, -0.1) is 0 Å². The Kier molecular flexibility index (Phi) is 4.60. The first-order chi connectivity index (χ1) is 13.5. The van der Waals surface area contributed by atoms with Gasteiger partial charge in [-0.1, -0.05) is 6.07 Å². The lowest BCUT2D eigenvalue weighted by Gasteiger charge is -2.14. The third-order valence-corrected chi connectivity index (χ3v) is 4.99. The number of aliphatic hydroxyl groups excluding tert-OH is 1. The minimum absolute atomic E-state index is 0.178. The molecule has 0 radical (unpaired) electrons. The number of aliphatic hydroxyl groups is 1. The summed E-state index contributed by atoms with van der Waals surface area (Å²) in [6.07, 6.45) is 2.69. The van der Waals surface area contributed by atoms with Crippen molar-refractivity contribution in [2.45, 2.75) is 26.4 Å². The monoisotopic (exact) mass is 385 g/mol. The Labute approximate surface area is 160 Å². The molecule has 2 aromatic heterocycles. The van der Waals surface area contributed by atoms with Crippen LogP contribution in [0, 0.1) is 12.7 Å². The zero-order valence-corrected chi connectivity index (χ0v) is 15.4. The maximum absolute atomic E-state index is 14.4. The fourth-order valence-electron chi connectivity index (χ4n) is 3.52. The third kappa shape index (κ3) is 3.03. The number of nitrogens with zero attached hydrogens (tertiary/aromatic N) is 4. The molecule has 146 valence electrons. The number of amides is 1. The molecule has 0 atom stereocenters. The molecule has 1 saturated heterocycles. The van der Waals surface area contributed by atoms with E-state index in [2.05, 4.69) is 10.1 Å². The number of likely N-dealkylation sites (tertiary alicyclic amines) is 1. The fraction of sp³-hybridized carbons (Fsp3) is 0.316. The highest BCUT2D eigenvalue weighted by atomic mass is 19.1. The summed E-state index contributed by atoms with van der Waals surface area (Å²) < 4.78 is 21.3. The molecule has 1 aliphatic rings. The van der Waals surface area contributed by atoms with Crippen molar-refractivity contribution in [3.63, 3.8) is 0 Å². The number of benzene rings is 1. The lowest BCUT2D eigenvalue weighted by molar-refractivity contribution is 0.160. The average Bonchev–Trinajstić information content (AvgIpc) is 3.31. The van der Waals surface area contributed by atoms with E-state index in [4.69, 9.17) is 10.5 Å². The van der Waals surface area contributed by atoms with Gasteiger partial charge < -0.3 is 20.5 Å². The summed E-state index contributed by atoms with van der Waals surface area (Å²) in [6, 6.07) is 4.65. The summed E-state index contributed by atoms with van der Waals surface area (Å²) in [7, 11) is 0. The molecule has 8 nitrogen and oxygen atoms in total. The Balaban J connectivity index is 1.82. The van der Waals surface area contributed by atoms with Gasteiger partial charge in [-0.25, -0.2) is 14.2 Å². The van der Waals surface area contributed by atoms with Crippen LogP contribution in [0.25, 0.3) is 16.6 Å². The number of nitrogens with two attached hydrogens (primary N) is 1. The van der Waals surface area contributed by atoms with Crippen LogP contribution < -0.4 is 10.5 Å². The van der Waals surface area contributed by atoms with E-state index in [0.717, 1.165) is 12.8 Å². The molecule has 3 heterocycles. The summed E-state index contributed by atoms with van der Waals surface area (Å²) in [5, 5.41) is 13.5. The number of hydrogen-bond acceptors (Lipinski definition) is 6. The summed E-state index contributed by atoms with van der Waals surface area (Å²) in [4.78, 5) is 18.0. The number of rotatable bonds is 3. The Morgan fingerprint density at radius 1 is 1.32 bits per heavy atom. The predicted molar refractivity (Wildman–Crippen MR) is 100 cm³/mol. The largest absolute Gasteiger partial charge is 0.416 e. The second-order valence-electron chi connectivity index (χ2n) is 6.78. The smallest absolute Gasteiger partial charge is 0.392 e. The van der Waals surface area contributed by atoms with Gasteiger partial charge in [0.15, 0.2) is 5.82 Å². The molecule has 1 amide bonds. The second-order valence-corrected chi connectivity index (χ2v) is 6.78. The second kappa shape index (κ2) is 7.08. The molecule has 28 heavy (non-hydrogen) atoms. The third-order valence-electron chi connectivity index (χ3n) is 4.99. The molecule has 0 spiro atoms. The van der Waals surface area contributed by atoms with Crippen LogP contribution in [0.2, 0.25) is 0 Å². The van der Waals surface area contributed by atoms with Crippen molar-refractivity contribution in [2.75, 3.05) is 18.8 Å². The van der Waals surface area contributed by atoms with Crippen molar-refractivity contribution in [1.82, 2.24) is 19.5 Å². The zero-order valence-electron chi connectivity index (χ0n) is 15.4. The van der Waals surface area contributed by atoms with Crippen molar-refractivity contribution in [1.29, 1.82) is 0 Å². The van der Waals surface area contributed by atoms with Crippen molar-refractivity contribution in [2.24, 2.45) is 0 Å². The first-order valence-corrected chi connectivity index (χ1v) is 8.99. The van der Waals surface area contributed by atoms with Gasteiger partial charge in [0.1, 0.15) is 17.7 Å². The molecule has 0 bridgehead atoms. The highest BCUT2D eigenvalue weighted by Gasteiger charge is 2.24. The standard InChI is InChI=1S/C19H20FN5O3/c1-11-6-12(7-15(20)14(11)9-26)13-8-16(25-17(13)18(21)22-10-23-25)28-19(27)24-4-2-3-5-24/h6-8,10,26H,2-5,9H2,1H3,(H2,21,22,23). The number of nitrogen functional groups attached to an aromatic ring is 1. The van der Waals surface area contributed by atoms with Crippen molar-refractivity contribution in [3.05, 3.63) is 41.5 Å². The topological polar surface area (TPSA) is 106 Å². The highest BCUT2D eigenvalue weighted by molar-refractivity contribution is 5.90. The van der Waals surface area contributed by atoms with Crippen molar-refractivity contribution < 1.29 is 19.0 Å². The van der Waals surface area contributed by atoms with Crippen LogP contribution in [0.4, 0.5) is 15.0 Å². The minimum Gasteiger partial charge on any atom is -0.392 e. The van der Waals surface area contributed by atoms with E-state index in [9.17, 15) is 14.3 Å². The minimum atomic E-state index is -0.525. The maximum Gasteiger partial charge on any atom is 0.416 e. The van der Waals surface area contributed by atoms with Crippen LogP contribution in [-0.2, 0) is 6.61 Å². The van der Waals surface area contributed by atoms with Crippen LogP contribution >= 0.6 is 0 Å². The van der Waals surface area contributed by atoms with Crippen molar-refractivity contribution >= 4 is 17.4 Å². The normalized spacial score (nSPS) is 14.0. The van der Waals surface area contributed by atoms with Gasteiger partial charge in [0.25, 0.3) is 0 Å². The van der Waals surface area contributed by atoms with Crippen LogP contribution in [0.3, 0.4) is 0 Å². The maximum atomic E-state index is 14.4. The van der Waals surface area contributed by atoms with E-state index in [1.807, 2.05) is 0 Å². The molecule has 0 unspecified atom stereocenters. The van der Waals surface area contributed by atoms with E-state index in [-0.39, 0.29) is 17.3 Å². The average molecular weight is 385 g/mol. The van der Waals surface area contributed by atoms with Gasteiger partial charge >= 0.3 is 6.09 Å². The number of anilines is 1. The molecular weight excluding hydrogens is 365 g/mol. The molecule has 3 N–H and O–H groups in total. The van der Waals surface area contributed by atoms with Gasteiger partial charge in [0, 0.05) is 30.3 Å². The number of fused-ring (bicyclic) bond motifs is 1. The number of carbonyl (C=O) groups is 1. The molecular formula is C19H20FN5O3. The van der Waals surface area contributed by atoms with Gasteiger partial charge in [-0.05, 0) is 37.0 Å².